The molecule has 4 amide bonds. The molecule has 0 unspecified atom stereocenters. The van der Waals surface area contributed by atoms with E-state index in [4.69, 9.17) is 9.47 Å². The monoisotopic (exact) mass is 487 g/mol. The molecule has 3 aromatic rings. The lowest BCUT2D eigenvalue weighted by atomic mass is 9.91. The number of nitrogens with zero attached hydrogens (tertiary/aromatic N) is 1. The van der Waals surface area contributed by atoms with Gasteiger partial charge >= 0.3 is 6.03 Å². The minimum absolute atomic E-state index is 0.262. The molecule has 2 N–H and O–H groups in total. The van der Waals surface area contributed by atoms with Crippen molar-refractivity contribution in [2.45, 2.75) is 12.5 Å². The Morgan fingerprint density at radius 1 is 0.917 bits per heavy atom. The van der Waals surface area contributed by atoms with Crippen LogP contribution < -0.4 is 20.1 Å². The summed E-state index contributed by atoms with van der Waals surface area (Å²) in [7, 11) is 2.96. The van der Waals surface area contributed by atoms with Crippen molar-refractivity contribution in [3.05, 3.63) is 89.5 Å². The third-order valence-electron chi connectivity index (χ3n) is 6.02. The molecule has 1 saturated heterocycles. The van der Waals surface area contributed by atoms with Gasteiger partial charge in [-0.3, -0.25) is 19.3 Å². The summed E-state index contributed by atoms with van der Waals surface area (Å²) in [6, 6.07) is 19.4. The summed E-state index contributed by atoms with van der Waals surface area (Å²) in [5, 5.41) is 5.32. The van der Waals surface area contributed by atoms with Crippen LogP contribution in [0.25, 0.3) is 0 Å². The zero-order valence-corrected chi connectivity index (χ0v) is 20.0. The largest absolute Gasteiger partial charge is 0.493 e. The molecule has 1 aliphatic heterocycles. The minimum atomic E-state index is -1.40. The standard InChI is InChI=1S/C27H25N3O6/c1-27(18-13-14-21(35-2)22(15-18)36-3)25(33)30(26(34)29-27)16-23(31)28-20-12-8-7-11-19(20)24(32)17-9-5-4-6-10-17/h4-15H,16H2,1-3H3,(H,28,31)(H,29,34)/t27-/m1/s1. The zero-order chi connectivity index (χ0) is 25.9. The van der Waals surface area contributed by atoms with Crippen molar-refractivity contribution in [2.75, 3.05) is 26.1 Å². The number of para-hydroxylation sites is 1. The van der Waals surface area contributed by atoms with Gasteiger partial charge in [-0.15, -0.1) is 0 Å². The number of carbonyl (C=O) groups excluding carboxylic acids is 4. The van der Waals surface area contributed by atoms with Crippen LogP contribution in [-0.2, 0) is 15.1 Å². The molecule has 1 fully saturated rings. The summed E-state index contributed by atoms with van der Waals surface area (Å²) in [5.74, 6) is -0.606. The molecule has 1 aliphatic rings. The molecule has 4 rings (SSSR count). The Morgan fingerprint density at radius 2 is 1.58 bits per heavy atom. The molecule has 0 radical (unpaired) electrons. The van der Waals surface area contributed by atoms with E-state index in [-0.39, 0.29) is 11.5 Å². The molecule has 9 heteroatoms. The first-order valence-corrected chi connectivity index (χ1v) is 11.1. The lowest BCUT2D eigenvalue weighted by Crippen LogP contribution is -2.42. The first kappa shape index (κ1) is 24.5. The number of ether oxygens (including phenoxy) is 2. The van der Waals surface area contributed by atoms with Crippen molar-refractivity contribution in [2.24, 2.45) is 0 Å². The fourth-order valence-corrected chi connectivity index (χ4v) is 4.05. The van der Waals surface area contributed by atoms with Gasteiger partial charge in [-0.05, 0) is 36.8 Å². The maximum atomic E-state index is 13.3. The molecule has 1 heterocycles. The van der Waals surface area contributed by atoms with E-state index in [0.717, 1.165) is 4.90 Å². The predicted molar refractivity (Wildman–Crippen MR) is 132 cm³/mol. The van der Waals surface area contributed by atoms with Crippen LogP contribution in [0.3, 0.4) is 0 Å². The van der Waals surface area contributed by atoms with Crippen LogP contribution in [0.5, 0.6) is 11.5 Å². The molecule has 1 atom stereocenters. The molecule has 0 aromatic heterocycles. The topological polar surface area (TPSA) is 114 Å². The SMILES string of the molecule is COc1ccc([C@@]2(C)NC(=O)N(CC(=O)Nc3ccccc3C(=O)c3ccccc3)C2=O)cc1OC. The molecule has 3 aromatic carbocycles. The molecule has 0 aliphatic carbocycles. The molecule has 0 bridgehead atoms. The van der Waals surface area contributed by atoms with Crippen LogP contribution in [0.1, 0.15) is 28.4 Å². The smallest absolute Gasteiger partial charge is 0.325 e. The average Bonchev–Trinajstić information content (AvgIpc) is 3.12. The Hall–Kier alpha value is -4.66. The van der Waals surface area contributed by atoms with Crippen molar-refractivity contribution in [3.63, 3.8) is 0 Å². The number of urea groups is 1. The van der Waals surface area contributed by atoms with Gasteiger partial charge in [0.25, 0.3) is 5.91 Å². The van der Waals surface area contributed by atoms with E-state index in [1.165, 1.54) is 14.2 Å². The highest BCUT2D eigenvalue weighted by atomic mass is 16.5. The van der Waals surface area contributed by atoms with Crippen molar-refractivity contribution in [1.29, 1.82) is 0 Å². The highest BCUT2D eigenvalue weighted by Crippen LogP contribution is 2.35. The molecule has 36 heavy (non-hydrogen) atoms. The maximum absolute atomic E-state index is 13.3. The van der Waals surface area contributed by atoms with Gasteiger partial charge in [0.1, 0.15) is 12.1 Å². The molecular formula is C27H25N3O6. The summed E-state index contributed by atoms with van der Waals surface area (Å²) in [5.41, 5.74) is 0.118. The predicted octanol–water partition coefficient (Wildman–Crippen LogP) is 3.34. The van der Waals surface area contributed by atoms with E-state index in [2.05, 4.69) is 10.6 Å². The Morgan fingerprint density at radius 3 is 2.28 bits per heavy atom. The van der Waals surface area contributed by atoms with Crippen LogP contribution in [0.4, 0.5) is 10.5 Å². The van der Waals surface area contributed by atoms with Crippen LogP contribution in [0.2, 0.25) is 0 Å². The number of benzene rings is 3. The van der Waals surface area contributed by atoms with Crippen molar-refractivity contribution >= 4 is 29.3 Å². The normalized spacial score (nSPS) is 16.9. The van der Waals surface area contributed by atoms with Crippen LogP contribution >= 0.6 is 0 Å². The number of rotatable bonds is 8. The number of ketones is 1. The highest BCUT2D eigenvalue weighted by Gasteiger charge is 2.49. The van der Waals surface area contributed by atoms with Crippen molar-refractivity contribution in [3.8, 4) is 11.5 Å². The Bertz CT molecular complexity index is 1340. The van der Waals surface area contributed by atoms with E-state index >= 15 is 0 Å². The summed E-state index contributed by atoms with van der Waals surface area (Å²) >= 11 is 0. The number of carbonyl (C=O) groups is 4. The van der Waals surface area contributed by atoms with Gasteiger partial charge in [0.2, 0.25) is 5.91 Å². The van der Waals surface area contributed by atoms with Crippen molar-refractivity contribution < 1.29 is 28.7 Å². The summed E-state index contributed by atoms with van der Waals surface area (Å²) in [6.07, 6.45) is 0. The number of imide groups is 1. The molecule has 0 saturated carbocycles. The summed E-state index contributed by atoms with van der Waals surface area (Å²) < 4.78 is 10.5. The van der Waals surface area contributed by atoms with Crippen LogP contribution in [0.15, 0.2) is 72.8 Å². The van der Waals surface area contributed by atoms with Gasteiger partial charge in [0, 0.05) is 11.1 Å². The number of anilines is 1. The molecule has 9 nitrogen and oxygen atoms in total. The van der Waals surface area contributed by atoms with Crippen LogP contribution in [-0.4, -0.2) is 49.3 Å². The van der Waals surface area contributed by atoms with E-state index in [9.17, 15) is 19.2 Å². The van der Waals surface area contributed by atoms with Gasteiger partial charge in [-0.2, -0.15) is 0 Å². The van der Waals surface area contributed by atoms with E-state index in [1.54, 1.807) is 79.7 Å². The van der Waals surface area contributed by atoms with Gasteiger partial charge in [-0.25, -0.2) is 4.79 Å². The second-order valence-electron chi connectivity index (χ2n) is 8.31. The van der Waals surface area contributed by atoms with Crippen molar-refractivity contribution in [1.82, 2.24) is 10.2 Å². The summed E-state index contributed by atoms with van der Waals surface area (Å²) in [4.78, 5) is 52.6. The Kier molecular flexibility index (Phi) is 6.73. The Labute approximate surface area is 208 Å². The van der Waals surface area contributed by atoms with E-state index in [0.29, 0.717) is 28.2 Å². The number of nitrogens with one attached hydrogen (secondary N) is 2. The first-order chi connectivity index (χ1) is 17.3. The molecule has 0 spiro atoms. The summed E-state index contributed by atoms with van der Waals surface area (Å²) in [6.45, 7) is 1.03. The minimum Gasteiger partial charge on any atom is -0.493 e. The third kappa shape index (κ3) is 4.50. The fraction of sp³-hybridized carbons (Fsp3) is 0.185. The maximum Gasteiger partial charge on any atom is 0.325 e. The lowest BCUT2D eigenvalue weighted by Gasteiger charge is -2.23. The number of hydrogen-bond donors (Lipinski definition) is 2. The molecular weight excluding hydrogens is 462 g/mol. The van der Waals surface area contributed by atoms with E-state index < -0.39 is 29.9 Å². The second kappa shape index (κ2) is 9.91. The van der Waals surface area contributed by atoms with Gasteiger partial charge < -0.3 is 20.1 Å². The van der Waals surface area contributed by atoms with Gasteiger partial charge in [0.05, 0.1) is 19.9 Å². The highest BCUT2D eigenvalue weighted by molar-refractivity contribution is 6.15. The average molecular weight is 488 g/mol. The number of hydrogen-bond acceptors (Lipinski definition) is 6. The fourth-order valence-electron chi connectivity index (χ4n) is 4.05. The van der Waals surface area contributed by atoms with Gasteiger partial charge in [-0.1, -0.05) is 48.5 Å². The lowest BCUT2D eigenvalue weighted by molar-refractivity contribution is -0.133. The quantitative estimate of drug-likeness (QED) is 0.372. The molecule has 184 valence electrons. The van der Waals surface area contributed by atoms with E-state index in [1.807, 2.05) is 0 Å². The zero-order valence-electron chi connectivity index (χ0n) is 20.0. The third-order valence-corrected chi connectivity index (χ3v) is 6.02. The number of amides is 4. The van der Waals surface area contributed by atoms with Crippen LogP contribution in [0, 0.1) is 0 Å². The van der Waals surface area contributed by atoms with Gasteiger partial charge in [0.15, 0.2) is 17.3 Å². The second-order valence-corrected chi connectivity index (χ2v) is 8.31. The number of methoxy groups -OCH3 is 2. The Balaban J connectivity index is 1.52. The first-order valence-electron chi connectivity index (χ1n) is 11.1.